The van der Waals surface area contributed by atoms with Crippen molar-refractivity contribution in [3.05, 3.63) is 18.3 Å². The van der Waals surface area contributed by atoms with Crippen LogP contribution in [0.1, 0.15) is 39.5 Å². The summed E-state index contributed by atoms with van der Waals surface area (Å²) in [4.78, 5) is 4.47. The van der Waals surface area contributed by atoms with Crippen LogP contribution in [0.25, 0.3) is 0 Å². The van der Waals surface area contributed by atoms with Crippen molar-refractivity contribution in [1.29, 1.82) is 0 Å². The molecule has 6 heteroatoms. The van der Waals surface area contributed by atoms with Gasteiger partial charge in [0.05, 0.1) is 0 Å². The summed E-state index contributed by atoms with van der Waals surface area (Å²) in [6.07, 6.45) is 5.43. The van der Waals surface area contributed by atoms with Gasteiger partial charge in [-0.05, 0) is 38.3 Å². The summed E-state index contributed by atoms with van der Waals surface area (Å²) in [6, 6.07) is 3.45. The highest BCUT2D eigenvalue weighted by Crippen LogP contribution is 2.25. The third-order valence-electron chi connectivity index (χ3n) is 3.64. The molecule has 2 heterocycles. The highest BCUT2D eigenvalue weighted by Gasteiger charge is 2.31. The molecular weight excluding hydrogens is 274 g/mol. The summed E-state index contributed by atoms with van der Waals surface area (Å²) >= 11 is 0. The van der Waals surface area contributed by atoms with Crippen LogP contribution in [0.2, 0.25) is 0 Å². The normalized spacial score (nSPS) is 20.8. The molecule has 1 atom stereocenters. The van der Waals surface area contributed by atoms with Crippen molar-refractivity contribution in [2.75, 3.05) is 18.4 Å². The second-order valence-corrected chi connectivity index (χ2v) is 7.16. The zero-order valence-electron chi connectivity index (χ0n) is 12.2. The molecular formula is C14H23N3O2S. The minimum atomic E-state index is -3.41. The molecule has 5 nitrogen and oxygen atoms in total. The van der Waals surface area contributed by atoms with Crippen LogP contribution in [0.15, 0.2) is 23.2 Å². The van der Waals surface area contributed by atoms with E-state index in [0.29, 0.717) is 6.54 Å². The summed E-state index contributed by atoms with van der Waals surface area (Å²) in [7, 11) is -3.41. The Morgan fingerprint density at radius 1 is 1.40 bits per heavy atom. The van der Waals surface area contributed by atoms with Gasteiger partial charge in [0, 0.05) is 25.3 Å². The minimum Gasteiger partial charge on any atom is -0.370 e. The molecule has 1 unspecified atom stereocenters. The van der Waals surface area contributed by atoms with Gasteiger partial charge in [-0.2, -0.15) is 4.31 Å². The number of hydrogen-bond acceptors (Lipinski definition) is 4. The van der Waals surface area contributed by atoms with Crippen molar-refractivity contribution in [1.82, 2.24) is 9.29 Å². The predicted molar refractivity (Wildman–Crippen MR) is 80.2 cm³/mol. The number of piperidine rings is 1. The lowest BCUT2D eigenvalue weighted by Crippen LogP contribution is -2.41. The Balaban J connectivity index is 2.16. The van der Waals surface area contributed by atoms with E-state index in [4.69, 9.17) is 0 Å². The minimum absolute atomic E-state index is 0.0756. The monoisotopic (exact) mass is 297 g/mol. The fourth-order valence-corrected chi connectivity index (χ4v) is 4.10. The second kappa shape index (κ2) is 6.54. The van der Waals surface area contributed by atoms with E-state index >= 15 is 0 Å². The molecule has 1 N–H and O–H groups in total. The zero-order valence-corrected chi connectivity index (χ0v) is 13.0. The van der Waals surface area contributed by atoms with Crippen molar-refractivity contribution in [3.8, 4) is 0 Å². The van der Waals surface area contributed by atoms with Gasteiger partial charge in [0.2, 0.25) is 10.0 Å². The number of hydrogen-bond donors (Lipinski definition) is 1. The van der Waals surface area contributed by atoms with Crippen LogP contribution in [0, 0.1) is 0 Å². The second-order valence-electron chi connectivity index (χ2n) is 5.27. The molecule has 0 spiro atoms. The summed E-state index contributed by atoms with van der Waals surface area (Å²) in [5.41, 5.74) is 0. The molecule has 0 aromatic carbocycles. The van der Waals surface area contributed by atoms with E-state index in [-0.39, 0.29) is 10.9 Å². The Morgan fingerprint density at radius 3 is 2.80 bits per heavy atom. The van der Waals surface area contributed by atoms with Crippen LogP contribution in [-0.4, -0.2) is 36.8 Å². The summed E-state index contributed by atoms with van der Waals surface area (Å²) in [5, 5.41) is 3.14. The first-order chi connectivity index (χ1) is 9.55. The third-order valence-corrected chi connectivity index (χ3v) is 5.64. The van der Waals surface area contributed by atoms with Gasteiger partial charge in [0.15, 0.2) is 0 Å². The molecule has 0 saturated carbocycles. The highest BCUT2D eigenvalue weighted by molar-refractivity contribution is 7.89. The lowest BCUT2D eigenvalue weighted by atomic mass is 10.1. The fourth-order valence-electron chi connectivity index (χ4n) is 2.45. The van der Waals surface area contributed by atoms with Gasteiger partial charge in [-0.15, -0.1) is 0 Å². The first kappa shape index (κ1) is 15.3. The Morgan fingerprint density at radius 2 is 2.20 bits per heavy atom. The molecule has 1 aliphatic heterocycles. The van der Waals surface area contributed by atoms with Crippen molar-refractivity contribution >= 4 is 15.8 Å². The summed E-state index contributed by atoms with van der Waals surface area (Å²) < 4.78 is 26.8. The summed E-state index contributed by atoms with van der Waals surface area (Å²) in [6.45, 7) is 5.49. The predicted octanol–water partition coefficient (Wildman–Crippen LogP) is 2.47. The molecule has 0 bridgehead atoms. The fraction of sp³-hybridized carbons (Fsp3) is 0.643. The number of rotatable bonds is 5. The van der Waals surface area contributed by atoms with Gasteiger partial charge in [0.1, 0.15) is 10.7 Å². The molecule has 1 saturated heterocycles. The van der Waals surface area contributed by atoms with Crippen LogP contribution in [0.5, 0.6) is 0 Å². The first-order valence-corrected chi connectivity index (χ1v) is 8.71. The number of nitrogens with one attached hydrogen (secondary N) is 1. The smallest absolute Gasteiger partial charge is 0.244 e. The first-order valence-electron chi connectivity index (χ1n) is 7.27. The van der Waals surface area contributed by atoms with E-state index in [1.165, 1.54) is 6.20 Å². The lowest BCUT2D eigenvalue weighted by molar-refractivity contribution is 0.268. The number of nitrogens with zero attached hydrogens (tertiary/aromatic N) is 2. The molecule has 2 rings (SSSR count). The average Bonchev–Trinajstić information content (AvgIpc) is 2.46. The van der Waals surface area contributed by atoms with Crippen molar-refractivity contribution in [3.63, 3.8) is 0 Å². The van der Waals surface area contributed by atoms with E-state index in [2.05, 4.69) is 17.2 Å². The molecule has 1 fully saturated rings. The van der Waals surface area contributed by atoms with Gasteiger partial charge in [-0.1, -0.05) is 13.3 Å². The molecule has 0 radical (unpaired) electrons. The van der Waals surface area contributed by atoms with Crippen molar-refractivity contribution in [2.45, 2.75) is 50.5 Å². The molecule has 112 valence electrons. The van der Waals surface area contributed by atoms with E-state index < -0.39 is 10.0 Å². The van der Waals surface area contributed by atoms with Crippen LogP contribution in [0.3, 0.4) is 0 Å². The number of sulfonamides is 1. The van der Waals surface area contributed by atoms with Crippen LogP contribution >= 0.6 is 0 Å². The Hall–Kier alpha value is -1.14. The maximum absolute atomic E-state index is 12.6. The van der Waals surface area contributed by atoms with E-state index in [9.17, 15) is 8.42 Å². The number of pyridine rings is 1. The molecule has 1 aliphatic rings. The number of aromatic nitrogens is 1. The standard InChI is InChI=1S/C14H23N3O2S/c1-3-9-15-14-8-7-13(11-16-14)20(18,19)17-10-5-4-6-12(17)2/h7-8,11-12H,3-6,9-10H2,1-2H3,(H,15,16). The van der Waals surface area contributed by atoms with Gasteiger partial charge < -0.3 is 5.32 Å². The van der Waals surface area contributed by atoms with Gasteiger partial charge in [0.25, 0.3) is 0 Å². The van der Waals surface area contributed by atoms with Crippen LogP contribution < -0.4 is 5.32 Å². The van der Waals surface area contributed by atoms with Crippen molar-refractivity contribution in [2.24, 2.45) is 0 Å². The Kier molecular flexibility index (Phi) is 4.99. The molecule has 20 heavy (non-hydrogen) atoms. The van der Waals surface area contributed by atoms with Crippen molar-refractivity contribution < 1.29 is 8.42 Å². The Bertz CT molecular complexity index is 528. The molecule has 0 aliphatic carbocycles. The SMILES string of the molecule is CCCNc1ccc(S(=O)(=O)N2CCCCC2C)cn1. The van der Waals surface area contributed by atoms with Gasteiger partial charge in [-0.25, -0.2) is 13.4 Å². The third kappa shape index (κ3) is 3.30. The molecule has 0 amide bonds. The highest BCUT2D eigenvalue weighted by atomic mass is 32.2. The summed E-state index contributed by atoms with van der Waals surface area (Å²) in [5.74, 6) is 0.720. The van der Waals surface area contributed by atoms with E-state index in [1.54, 1.807) is 16.4 Å². The maximum atomic E-state index is 12.6. The quantitative estimate of drug-likeness (QED) is 0.907. The number of anilines is 1. The van der Waals surface area contributed by atoms with Crippen LogP contribution in [0.4, 0.5) is 5.82 Å². The molecule has 1 aromatic rings. The zero-order chi connectivity index (χ0) is 14.6. The topological polar surface area (TPSA) is 62.3 Å². The van der Waals surface area contributed by atoms with Gasteiger partial charge in [-0.3, -0.25) is 0 Å². The van der Waals surface area contributed by atoms with E-state index in [1.807, 2.05) is 6.92 Å². The Labute approximate surface area is 121 Å². The van der Waals surface area contributed by atoms with E-state index in [0.717, 1.165) is 38.0 Å². The average molecular weight is 297 g/mol. The maximum Gasteiger partial charge on any atom is 0.244 e. The van der Waals surface area contributed by atoms with Gasteiger partial charge >= 0.3 is 0 Å². The molecule has 1 aromatic heterocycles. The lowest BCUT2D eigenvalue weighted by Gasteiger charge is -2.32. The van der Waals surface area contributed by atoms with Crippen LogP contribution in [-0.2, 0) is 10.0 Å². The largest absolute Gasteiger partial charge is 0.370 e.